The Balaban J connectivity index is 1.58. The third kappa shape index (κ3) is 4.85. The molecule has 1 aromatic carbocycles. The van der Waals surface area contributed by atoms with E-state index < -0.39 is 0 Å². The summed E-state index contributed by atoms with van der Waals surface area (Å²) in [6, 6.07) is 9.22. The fraction of sp³-hybridized carbons (Fsp3) is 0.400. The van der Waals surface area contributed by atoms with Gasteiger partial charge in [-0.25, -0.2) is 4.98 Å². The van der Waals surface area contributed by atoms with Crippen molar-refractivity contribution >= 4 is 34.9 Å². The summed E-state index contributed by atoms with van der Waals surface area (Å²) in [6.45, 7) is 2.08. The lowest BCUT2D eigenvalue weighted by Gasteiger charge is -2.34. The Labute approximate surface area is 169 Å². The number of methoxy groups -OCH3 is 1. The number of halogens is 2. The van der Waals surface area contributed by atoms with E-state index in [0.29, 0.717) is 16.6 Å². The van der Waals surface area contributed by atoms with E-state index in [-0.39, 0.29) is 11.8 Å². The van der Waals surface area contributed by atoms with E-state index in [1.807, 2.05) is 31.3 Å². The van der Waals surface area contributed by atoms with Gasteiger partial charge in [-0.3, -0.25) is 4.79 Å². The maximum Gasteiger partial charge on any atom is 0.225 e. The van der Waals surface area contributed by atoms with Crippen LogP contribution in [0.3, 0.4) is 0 Å². The lowest BCUT2D eigenvalue weighted by Crippen LogP contribution is -2.41. The number of benzene rings is 1. The minimum atomic E-state index is 0.0173. The number of nitrogens with zero attached hydrogens (tertiary/aromatic N) is 3. The van der Waals surface area contributed by atoms with Gasteiger partial charge in [0.2, 0.25) is 5.91 Å². The first-order valence-corrected chi connectivity index (χ1v) is 9.67. The van der Waals surface area contributed by atoms with Crippen molar-refractivity contribution in [3.8, 4) is 5.75 Å². The number of anilines is 1. The normalized spacial score (nSPS) is 14.9. The summed E-state index contributed by atoms with van der Waals surface area (Å²) in [7, 11) is 3.45. The number of hydrogen-bond acceptors (Lipinski definition) is 4. The number of pyridine rings is 1. The van der Waals surface area contributed by atoms with Crippen LogP contribution < -0.4 is 9.64 Å². The number of ether oxygens (including phenoxy) is 1. The molecule has 0 atom stereocenters. The Morgan fingerprint density at radius 2 is 1.93 bits per heavy atom. The van der Waals surface area contributed by atoms with Gasteiger partial charge in [0.25, 0.3) is 0 Å². The van der Waals surface area contributed by atoms with Crippen molar-refractivity contribution in [1.29, 1.82) is 0 Å². The first-order valence-electron chi connectivity index (χ1n) is 8.92. The highest BCUT2D eigenvalue weighted by atomic mass is 35.5. The summed E-state index contributed by atoms with van der Waals surface area (Å²) < 4.78 is 5.38. The third-order valence-electron chi connectivity index (χ3n) is 4.91. The van der Waals surface area contributed by atoms with Crippen molar-refractivity contribution in [1.82, 2.24) is 9.88 Å². The van der Waals surface area contributed by atoms with E-state index in [1.54, 1.807) is 24.3 Å². The van der Waals surface area contributed by atoms with Crippen LogP contribution in [0.15, 0.2) is 36.5 Å². The van der Waals surface area contributed by atoms with Gasteiger partial charge in [-0.2, -0.15) is 0 Å². The van der Waals surface area contributed by atoms with E-state index in [2.05, 4.69) is 9.88 Å². The molecular formula is C20H23Cl2N3O2. The molecule has 0 saturated carbocycles. The highest BCUT2D eigenvalue weighted by molar-refractivity contribution is 6.30. The number of piperidine rings is 1. The van der Waals surface area contributed by atoms with Gasteiger partial charge in [-0.05, 0) is 43.2 Å². The molecule has 5 nitrogen and oxygen atoms in total. The van der Waals surface area contributed by atoms with Gasteiger partial charge in [-0.15, -0.1) is 0 Å². The molecule has 0 radical (unpaired) electrons. The molecular weight excluding hydrogens is 385 g/mol. The van der Waals surface area contributed by atoms with E-state index in [1.165, 1.54) is 0 Å². The van der Waals surface area contributed by atoms with Crippen molar-refractivity contribution in [2.45, 2.75) is 19.4 Å². The van der Waals surface area contributed by atoms with Gasteiger partial charge in [0.05, 0.1) is 12.1 Å². The largest absolute Gasteiger partial charge is 0.496 e. The van der Waals surface area contributed by atoms with E-state index in [4.69, 9.17) is 27.9 Å². The molecule has 27 heavy (non-hydrogen) atoms. The topological polar surface area (TPSA) is 45.7 Å². The van der Waals surface area contributed by atoms with Crippen molar-refractivity contribution < 1.29 is 9.53 Å². The molecule has 1 aliphatic rings. The van der Waals surface area contributed by atoms with Crippen LogP contribution in [0.1, 0.15) is 18.4 Å². The zero-order valence-electron chi connectivity index (χ0n) is 15.5. The van der Waals surface area contributed by atoms with Crippen LogP contribution in [0.4, 0.5) is 5.82 Å². The second-order valence-electron chi connectivity index (χ2n) is 6.75. The lowest BCUT2D eigenvalue weighted by molar-refractivity contribution is -0.135. The molecule has 1 aliphatic heterocycles. The summed E-state index contributed by atoms with van der Waals surface area (Å²) >= 11 is 12.0. The summed E-state index contributed by atoms with van der Waals surface area (Å²) in [6.07, 6.45) is 3.26. The van der Waals surface area contributed by atoms with Gasteiger partial charge in [0, 0.05) is 49.4 Å². The summed E-state index contributed by atoms with van der Waals surface area (Å²) in [5, 5.41) is 1.26. The fourth-order valence-corrected chi connectivity index (χ4v) is 3.73. The molecule has 1 fully saturated rings. The standard InChI is InChI=1S/C20H23Cl2N3O2/c1-24(13-15-11-16(21)3-5-18(15)27-2)20(26)14-7-9-25(10-8-14)19-6-4-17(22)12-23-19/h3-6,11-12,14H,7-10,13H2,1-2H3. The highest BCUT2D eigenvalue weighted by Crippen LogP contribution is 2.27. The summed E-state index contributed by atoms with van der Waals surface area (Å²) in [5.41, 5.74) is 0.906. The molecule has 0 aliphatic carbocycles. The molecule has 2 heterocycles. The first-order chi connectivity index (χ1) is 13.0. The van der Waals surface area contributed by atoms with E-state index in [0.717, 1.165) is 43.1 Å². The molecule has 1 amide bonds. The van der Waals surface area contributed by atoms with Crippen molar-refractivity contribution in [2.24, 2.45) is 5.92 Å². The van der Waals surface area contributed by atoms with Gasteiger partial charge < -0.3 is 14.5 Å². The molecule has 0 bridgehead atoms. The fourth-order valence-electron chi connectivity index (χ4n) is 3.43. The van der Waals surface area contributed by atoms with E-state index >= 15 is 0 Å². The Morgan fingerprint density at radius 1 is 1.22 bits per heavy atom. The SMILES string of the molecule is COc1ccc(Cl)cc1CN(C)C(=O)C1CCN(c2ccc(Cl)cn2)CC1. The van der Waals surface area contributed by atoms with Crippen molar-refractivity contribution in [3.05, 3.63) is 52.1 Å². The highest BCUT2D eigenvalue weighted by Gasteiger charge is 2.28. The van der Waals surface area contributed by atoms with Crippen LogP contribution in [-0.4, -0.2) is 43.0 Å². The Morgan fingerprint density at radius 3 is 2.56 bits per heavy atom. The zero-order valence-corrected chi connectivity index (χ0v) is 17.0. The quantitative estimate of drug-likeness (QED) is 0.741. The number of carbonyl (C=O) groups is 1. The number of amides is 1. The average Bonchev–Trinajstić information content (AvgIpc) is 2.68. The Kier molecular flexibility index (Phi) is 6.45. The minimum absolute atomic E-state index is 0.0173. The minimum Gasteiger partial charge on any atom is -0.496 e. The number of hydrogen-bond donors (Lipinski definition) is 0. The van der Waals surface area contributed by atoms with Crippen LogP contribution in [-0.2, 0) is 11.3 Å². The van der Waals surface area contributed by atoms with Gasteiger partial charge in [0.1, 0.15) is 11.6 Å². The second kappa shape index (κ2) is 8.81. The van der Waals surface area contributed by atoms with Crippen molar-refractivity contribution in [3.63, 3.8) is 0 Å². The number of carbonyl (C=O) groups excluding carboxylic acids is 1. The molecule has 2 aromatic rings. The monoisotopic (exact) mass is 407 g/mol. The molecule has 7 heteroatoms. The maximum absolute atomic E-state index is 12.9. The second-order valence-corrected chi connectivity index (χ2v) is 7.62. The smallest absolute Gasteiger partial charge is 0.225 e. The van der Waals surface area contributed by atoms with Crippen LogP contribution >= 0.6 is 23.2 Å². The summed E-state index contributed by atoms with van der Waals surface area (Å²) in [4.78, 5) is 21.2. The van der Waals surface area contributed by atoms with E-state index in [9.17, 15) is 4.79 Å². The molecule has 0 N–H and O–H groups in total. The van der Waals surface area contributed by atoms with Crippen LogP contribution in [0, 0.1) is 5.92 Å². The Hall–Kier alpha value is -1.98. The van der Waals surface area contributed by atoms with Crippen LogP contribution in [0.5, 0.6) is 5.75 Å². The molecule has 1 aromatic heterocycles. The molecule has 0 spiro atoms. The predicted molar refractivity (Wildman–Crippen MR) is 109 cm³/mol. The zero-order chi connectivity index (χ0) is 19.4. The third-order valence-corrected chi connectivity index (χ3v) is 5.36. The average molecular weight is 408 g/mol. The summed E-state index contributed by atoms with van der Waals surface area (Å²) in [5.74, 6) is 1.81. The molecule has 0 unspecified atom stereocenters. The molecule has 1 saturated heterocycles. The van der Waals surface area contributed by atoms with Crippen LogP contribution in [0.25, 0.3) is 0 Å². The van der Waals surface area contributed by atoms with Gasteiger partial charge in [0.15, 0.2) is 0 Å². The first kappa shape index (κ1) is 19.8. The van der Waals surface area contributed by atoms with Gasteiger partial charge in [-0.1, -0.05) is 23.2 Å². The van der Waals surface area contributed by atoms with Crippen molar-refractivity contribution in [2.75, 3.05) is 32.1 Å². The lowest BCUT2D eigenvalue weighted by atomic mass is 9.95. The molecule has 3 rings (SSSR count). The maximum atomic E-state index is 12.9. The number of rotatable bonds is 5. The number of aromatic nitrogens is 1. The van der Waals surface area contributed by atoms with Crippen LogP contribution in [0.2, 0.25) is 10.0 Å². The predicted octanol–water partition coefficient (Wildman–Crippen LogP) is 4.27. The van der Waals surface area contributed by atoms with Gasteiger partial charge >= 0.3 is 0 Å². The molecule has 144 valence electrons. The Bertz CT molecular complexity index is 790.